The number of aliphatic hydroxyl groups is 1. The lowest BCUT2D eigenvalue weighted by Gasteiger charge is -2.20. The molecule has 0 bridgehead atoms. The monoisotopic (exact) mass is 881 g/mol. The Kier molecular flexibility index (Phi) is 39.3. The predicted molar refractivity (Wildman–Crippen MR) is 235 cm³/mol. The average Bonchev–Trinajstić information content (AvgIpc) is 3.19. The Bertz CT molecular complexity index is 1190. The van der Waals surface area contributed by atoms with Crippen molar-refractivity contribution in [3.8, 4) is 0 Å². The van der Waals surface area contributed by atoms with Gasteiger partial charge >= 0.3 is 27.6 Å². The maximum absolute atomic E-state index is 12.7. The number of carbonyl (C=O) groups excluding carboxylic acids is 2. The number of allylic oxidation sites excluding steroid dienone is 6. The number of phosphoric ester groups is 2. The van der Waals surface area contributed by atoms with Gasteiger partial charge in [0.05, 0.1) is 19.8 Å². The normalized spacial score (nSPS) is 14.3. The second-order valence-electron chi connectivity index (χ2n) is 15.3. The van der Waals surface area contributed by atoms with Gasteiger partial charge in [0.25, 0.3) is 0 Å². The minimum Gasteiger partial charge on any atom is -0.462 e. The average molecular weight is 881 g/mol. The Hall–Kier alpha value is -1.66. The molecule has 1 unspecified atom stereocenters. The number of hydrogen-bond donors (Lipinski definition) is 4. The van der Waals surface area contributed by atoms with Gasteiger partial charge in [-0.15, -0.1) is 0 Å². The van der Waals surface area contributed by atoms with E-state index in [1.165, 1.54) is 77.0 Å². The van der Waals surface area contributed by atoms with Crippen molar-refractivity contribution in [3.63, 3.8) is 0 Å². The summed E-state index contributed by atoms with van der Waals surface area (Å²) in [5, 5.41) is 9.75. The van der Waals surface area contributed by atoms with Crippen molar-refractivity contribution >= 4 is 27.6 Å². The number of unbranched alkanes of at least 4 members (excludes halogenated alkanes) is 21. The van der Waals surface area contributed by atoms with E-state index >= 15 is 0 Å². The van der Waals surface area contributed by atoms with Gasteiger partial charge in [-0.2, -0.15) is 0 Å². The smallest absolute Gasteiger partial charge is 0.462 e. The van der Waals surface area contributed by atoms with Crippen molar-refractivity contribution in [2.45, 2.75) is 206 Å². The summed E-state index contributed by atoms with van der Waals surface area (Å²) in [6, 6.07) is 0. The van der Waals surface area contributed by atoms with Crippen LogP contribution in [0.2, 0.25) is 0 Å². The summed E-state index contributed by atoms with van der Waals surface area (Å²) >= 11 is 0. The highest BCUT2D eigenvalue weighted by molar-refractivity contribution is 7.47. The van der Waals surface area contributed by atoms with Crippen molar-refractivity contribution in [3.05, 3.63) is 36.5 Å². The lowest BCUT2D eigenvalue weighted by molar-refractivity contribution is -0.161. The molecule has 0 saturated carbocycles. The van der Waals surface area contributed by atoms with Crippen LogP contribution in [0.1, 0.15) is 194 Å². The van der Waals surface area contributed by atoms with Crippen molar-refractivity contribution in [2.24, 2.45) is 0 Å². The zero-order valence-electron chi connectivity index (χ0n) is 36.6. The molecule has 0 aromatic heterocycles. The highest BCUT2D eigenvalue weighted by Crippen LogP contribution is 2.43. The molecule has 4 N–H and O–H groups in total. The molecule has 0 spiro atoms. The second-order valence-corrected chi connectivity index (χ2v) is 18.0. The molecule has 15 heteroatoms. The Morgan fingerprint density at radius 2 is 0.881 bits per heavy atom. The SMILES string of the molecule is CCCCC/C=C\C/C=C\CCCCCCCC(=O)O[C@H](COC(=O)CCCCCCCCC/C=C\CCCCCCCC)COP(=O)(O)OC[C@@H](O)COP(=O)(O)O. The highest BCUT2D eigenvalue weighted by atomic mass is 31.2. The van der Waals surface area contributed by atoms with E-state index in [2.05, 4.69) is 59.4 Å². The number of rotatable bonds is 43. The van der Waals surface area contributed by atoms with Gasteiger partial charge in [-0.25, -0.2) is 9.13 Å². The Morgan fingerprint density at radius 1 is 0.492 bits per heavy atom. The second kappa shape index (κ2) is 40.4. The van der Waals surface area contributed by atoms with E-state index in [9.17, 15) is 28.7 Å². The third-order valence-corrected chi connectivity index (χ3v) is 10.9. The molecule has 0 aliphatic heterocycles. The van der Waals surface area contributed by atoms with E-state index in [0.29, 0.717) is 12.8 Å². The standard InChI is InChI=1S/C44H82O13P2/c1-3-5-7-9-11-13-15-17-19-20-22-23-25-27-29-31-33-35-43(46)53-39-42(40-56-59(51,52)55-38-41(45)37-54-58(48,49)50)57-44(47)36-34-32-30-28-26-24-21-18-16-14-12-10-8-6-4-2/h12,14,17-19,21,41-42,45H,3-11,13,15-16,20,22-40H2,1-2H3,(H,51,52)(H2,48,49,50)/b14-12-,19-17-,21-18-/t41-,42+/m0/s1. The summed E-state index contributed by atoms with van der Waals surface area (Å²) < 4.78 is 47.8. The van der Waals surface area contributed by atoms with Crippen LogP contribution in [0.4, 0.5) is 0 Å². The highest BCUT2D eigenvalue weighted by Gasteiger charge is 2.28. The summed E-state index contributed by atoms with van der Waals surface area (Å²) in [6.07, 6.45) is 39.8. The van der Waals surface area contributed by atoms with Gasteiger partial charge in [-0.05, 0) is 70.6 Å². The van der Waals surface area contributed by atoms with Gasteiger partial charge in [0.2, 0.25) is 0 Å². The molecular formula is C44H82O13P2. The summed E-state index contributed by atoms with van der Waals surface area (Å²) in [5.74, 6) is -1.05. The quantitative estimate of drug-likeness (QED) is 0.0196. The Balaban J connectivity index is 4.51. The van der Waals surface area contributed by atoms with E-state index < -0.39 is 59.6 Å². The van der Waals surface area contributed by atoms with Crippen LogP contribution in [-0.2, 0) is 41.8 Å². The van der Waals surface area contributed by atoms with Crippen LogP contribution >= 0.6 is 15.6 Å². The molecule has 0 aliphatic rings. The third kappa shape index (κ3) is 44.2. The maximum Gasteiger partial charge on any atom is 0.472 e. The molecule has 3 atom stereocenters. The van der Waals surface area contributed by atoms with E-state index in [1.807, 2.05) is 0 Å². The van der Waals surface area contributed by atoms with Crippen molar-refractivity contribution in [1.82, 2.24) is 0 Å². The summed E-state index contributed by atoms with van der Waals surface area (Å²) in [5.41, 5.74) is 0. The van der Waals surface area contributed by atoms with Gasteiger partial charge in [-0.3, -0.25) is 23.2 Å². The van der Waals surface area contributed by atoms with E-state index in [0.717, 1.165) is 77.0 Å². The molecule has 0 aromatic rings. The van der Waals surface area contributed by atoms with Crippen molar-refractivity contribution in [2.75, 3.05) is 26.4 Å². The topological polar surface area (TPSA) is 195 Å². The molecule has 13 nitrogen and oxygen atoms in total. The van der Waals surface area contributed by atoms with Crippen molar-refractivity contribution < 1.29 is 61.6 Å². The molecule has 59 heavy (non-hydrogen) atoms. The van der Waals surface area contributed by atoms with E-state index in [4.69, 9.17) is 23.8 Å². The third-order valence-electron chi connectivity index (χ3n) is 9.49. The number of esters is 2. The lowest BCUT2D eigenvalue weighted by Crippen LogP contribution is -2.30. The number of hydrogen-bond acceptors (Lipinski definition) is 10. The van der Waals surface area contributed by atoms with Gasteiger partial charge < -0.3 is 29.3 Å². The van der Waals surface area contributed by atoms with Gasteiger partial charge in [0.15, 0.2) is 6.10 Å². The van der Waals surface area contributed by atoms with Crippen LogP contribution < -0.4 is 0 Å². The van der Waals surface area contributed by atoms with Crippen LogP contribution in [0.25, 0.3) is 0 Å². The first-order valence-corrected chi connectivity index (χ1v) is 25.7. The van der Waals surface area contributed by atoms with Gasteiger partial charge in [-0.1, -0.05) is 147 Å². The molecule has 346 valence electrons. The minimum absolute atomic E-state index is 0.115. The molecule has 0 aromatic carbocycles. The predicted octanol–water partition coefficient (Wildman–Crippen LogP) is 11.7. The first-order valence-electron chi connectivity index (χ1n) is 22.7. The largest absolute Gasteiger partial charge is 0.472 e. The van der Waals surface area contributed by atoms with Crippen LogP contribution in [0.5, 0.6) is 0 Å². The summed E-state index contributed by atoms with van der Waals surface area (Å²) in [7, 11) is -9.67. The van der Waals surface area contributed by atoms with Crippen LogP contribution in [-0.4, -0.2) is 70.4 Å². The molecule has 0 radical (unpaired) electrons. The van der Waals surface area contributed by atoms with E-state index in [-0.39, 0.29) is 19.4 Å². The summed E-state index contributed by atoms with van der Waals surface area (Å²) in [4.78, 5) is 52.7. The van der Waals surface area contributed by atoms with Gasteiger partial charge in [0, 0.05) is 12.8 Å². The first-order chi connectivity index (χ1) is 28.4. The fourth-order valence-corrected chi connectivity index (χ4v) is 7.18. The first kappa shape index (κ1) is 57.3. The molecule has 0 aliphatic carbocycles. The number of carbonyl (C=O) groups is 2. The molecule has 0 amide bonds. The maximum atomic E-state index is 12.7. The molecule has 0 saturated heterocycles. The fraction of sp³-hybridized carbons (Fsp3) is 0.818. The molecule has 0 heterocycles. The van der Waals surface area contributed by atoms with Crippen molar-refractivity contribution in [1.29, 1.82) is 0 Å². The fourth-order valence-electron chi connectivity index (χ4n) is 6.02. The minimum atomic E-state index is -4.86. The van der Waals surface area contributed by atoms with Crippen LogP contribution in [0, 0.1) is 0 Å². The number of ether oxygens (including phenoxy) is 2. The van der Waals surface area contributed by atoms with Gasteiger partial charge in [0.1, 0.15) is 12.7 Å². The van der Waals surface area contributed by atoms with E-state index in [1.54, 1.807) is 0 Å². The zero-order chi connectivity index (χ0) is 43.7. The van der Waals surface area contributed by atoms with Crippen LogP contribution in [0.3, 0.4) is 0 Å². The number of aliphatic hydroxyl groups excluding tert-OH is 1. The number of phosphoric acid groups is 2. The molecule has 0 rings (SSSR count). The lowest BCUT2D eigenvalue weighted by atomic mass is 10.1. The molecule has 0 fully saturated rings. The van der Waals surface area contributed by atoms with Crippen LogP contribution in [0.15, 0.2) is 36.5 Å². The molecular weight excluding hydrogens is 798 g/mol. The zero-order valence-corrected chi connectivity index (χ0v) is 38.4. The Labute approximate surface area is 357 Å². The Morgan fingerprint density at radius 3 is 1.39 bits per heavy atom. The summed E-state index contributed by atoms with van der Waals surface area (Å²) in [6.45, 7) is 1.73.